The Bertz CT molecular complexity index is 615. The van der Waals surface area contributed by atoms with Crippen LogP contribution >= 0.6 is 0 Å². The smallest absolute Gasteiger partial charge is 0.376 e. The average Bonchev–Trinajstić information content (AvgIpc) is 2.63. The Morgan fingerprint density at radius 1 is 0.897 bits per heavy atom. The summed E-state index contributed by atoms with van der Waals surface area (Å²) in [4.78, 5) is 34.7. The van der Waals surface area contributed by atoms with E-state index in [4.69, 9.17) is 14.2 Å². The third-order valence-electron chi connectivity index (χ3n) is 6.48. The summed E-state index contributed by atoms with van der Waals surface area (Å²) in [7, 11) is 0. The molecule has 164 valence electrons. The molecule has 0 amide bonds. The Kier molecular flexibility index (Phi) is 6.45. The van der Waals surface area contributed by atoms with Crippen LogP contribution in [0.25, 0.3) is 0 Å². The van der Waals surface area contributed by atoms with Crippen LogP contribution in [0.4, 0.5) is 8.78 Å². The summed E-state index contributed by atoms with van der Waals surface area (Å²) in [6, 6.07) is 0. The fourth-order valence-electron chi connectivity index (χ4n) is 5.22. The van der Waals surface area contributed by atoms with E-state index in [9.17, 15) is 23.2 Å². The molecule has 0 aliphatic heterocycles. The average molecular weight is 418 g/mol. The van der Waals surface area contributed by atoms with E-state index in [2.05, 4.69) is 4.74 Å². The van der Waals surface area contributed by atoms with Gasteiger partial charge >= 0.3 is 23.8 Å². The van der Waals surface area contributed by atoms with Gasteiger partial charge in [0.2, 0.25) is 0 Å². The second-order valence-electron chi connectivity index (χ2n) is 8.70. The first-order chi connectivity index (χ1) is 13.6. The molecular weight excluding hydrogens is 390 g/mol. The Morgan fingerprint density at radius 2 is 1.48 bits per heavy atom. The zero-order chi connectivity index (χ0) is 21.2. The standard InChI is InChI=1S/C20H28F2O7/c1-19(14-6-12-5-13(8-14)9-15(19)7-12)29-17(24)11-28-16(23)10-26-3-4-27-18(25)20(2,21)22/h12-15H,3-11H2,1-2H3. The first kappa shape index (κ1) is 21.9. The van der Waals surface area contributed by atoms with Gasteiger partial charge in [-0.25, -0.2) is 14.4 Å². The molecule has 0 spiro atoms. The lowest BCUT2D eigenvalue weighted by molar-refractivity contribution is -0.207. The summed E-state index contributed by atoms with van der Waals surface area (Å²) in [5, 5.41) is 0. The van der Waals surface area contributed by atoms with Gasteiger partial charge in [0.25, 0.3) is 0 Å². The Labute approximate surface area is 168 Å². The van der Waals surface area contributed by atoms with Gasteiger partial charge in [-0.3, -0.25) is 0 Å². The summed E-state index contributed by atoms with van der Waals surface area (Å²) < 4.78 is 45.0. The van der Waals surface area contributed by atoms with Gasteiger partial charge in [-0.1, -0.05) is 0 Å². The topological polar surface area (TPSA) is 88.1 Å². The summed E-state index contributed by atoms with van der Waals surface area (Å²) in [5.41, 5.74) is -0.487. The SMILES string of the molecule is CC(F)(F)C(=O)OCCOCC(=O)OCC(=O)OC1(C)C2CC3CC(C2)CC1C3. The van der Waals surface area contributed by atoms with Crippen LogP contribution < -0.4 is 0 Å². The van der Waals surface area contributed by atoms with E-state index in [1.807, 2.05) is 6.92 Å². The molecule has 29 heavy (non-hydrogen) atoms. The first-order valence-corrected chi connectivity index (χ1v) is 10.1. The van der Waals surface area contributed by atoms with Crippen LogP contribution in [0.15, 0.2) is 0 Å². The normalized spacial score (nSPS) is 32.7. The van der Waals surface area contributed by atoms with Crippen molar-refractivity contribution in [3.8, 4) is 0 Å². The fourth-order valence-corrected chi connectivity index (χ4v) is 5.22. The molecule has 4 fully saturated rings. The molecule has 0 atom stereocenters. The number of hydrogen-bond acceptors (Lipinski definition) is 7. The van der Waals surface area contributed by atoms with Gasteiger partial charge in [-0.2, -0.15) is 8.78 Å². The van der Waals surface area contributed by atoms with E-state index >= 15 is 0 Å². The molecule has 4 rings (SSSR count). The van der Waals surface area contributed by atoms with Crippen LogP contribution in [0.5, 0.6) is 0 Å². The molecule has 4 bridgehead atoms. The van der Waals surface area contributed by atoms with E-state index in [0.29, 0.717) is 18.8 Å². The maximum absolute atomic E-state index is 12.6. The van der Waals surface area contributed by atoms with Crippen molar-refractivity contribution < 1.29 is 42.1 Å². The lowest BCUT2D eigenvalue weighted by Gasteiger charge is -2.59. The van der Waals surface area contributed by atoms with Crippen molar-refractivity contribution in [2.45, 2.75) is 57.5 Å². The predicted octanol–water partition coefficient (Wildman–Crippen LogP) is 2.50. The predicted molar refractivity (Wildman–Crippen MR) is 94.9 cm³/mol. The maximum Gasteiger partial charge on any atom is 0.376 e. The van der Waals surface area contributed by atoms with Crippen LogP contribution in [0.2, 0.25) is 0 Å². The number of rotatable bonds is 9. The minimum Gasteiger partial charge on any atom is -0.459 e. The monoisotopic (exact) mass is 418 g/mol. The molecule has 4 aliphatic carbocycles. The third kappa shape index (κ3) is 5.24. The first-order valence-electron chi connectivity index (χ1n) is 10.1. The zero-order valence-electron chi connectivity index (χ0n) is 16.8. The summed E-state index contributed by atoms with van der Waals surface area (Å²) in [6.07, 6.45) is 5.69. The highest BCUT2D eigenvalue weighted by atomic mass is 19.3. The highest BCUT2D eigenvalue weighted by Crippen LogP contribution is 2.59. The second-order valence-corrected chi connectivity index (χ2v) is 8.70. The van der Waals surface area contributed by atoms with Gasteiger partial charge in [0.1, 0.15) is 18.8 Å². The summed E-state index contributed by atoms with van der Waals surface area (Å²) in [5.74, 6) is -4.35. The van der Waals surface area contributed by atoms with E-state index in [1.165, 1.54) is 6.42 Å². The number of carbonyl (C=O) groups is 3. The number of hydrogen-bond donors (Lipinski definition) is 0. The number of ether oxygens (including phenoxy) is 4. The van der Waals surface area contributed by atoms with Crippen molar-refractivity contribution in [1.29, 1.82) is 0 Å². The van der Waals surface area contributed by atoms with Crippen molar-refractivity contribution in [3.05, 3.63) is 0 Å². The molecular formula is C20H28F2O7. The lowest BCUT2D eigenvalue weighted by atomic mass is 9.50. The molecule has 0 N–H and O–H groups in total. The van der Waals surface area contributed by atoms with E-state index in [-0.39, 0.29) is 6.61 Å². The highest BCUT2D eigenvalue weighted by Gasteiger charge is 2.57. The molecule has 4 aliphatic rings. The Balaban J connectivity index is 1.31. The van der Waals surface area contributed by atoms with E-state index in [1.54, 1.807) is 0 Å². The van der Waals surface area contributed by atoms with Gasteiger partial charge in [0, 0.05) is 6.92 Å². The van der Waals surface area contributed by atoms with Crippen molar-refractivity contribution in [3.63, 3.8) is 0 Å². The lowest BCUT2D eigenvalue weighted by Crippen LogP contribution is -2.58. The molecule has 0 unspecified atom stereocenters. The van der Waals surface area contributed by atoms with Crippen molar-refractivity contribution >= 4 is 17.9 Å². The molecule has 9 heteroatoms. The third-order valence-corrected chi connectivity index (χ3v) is 6.48. The van der Waals surface area contributed by atoms with Gasteiger partial charge in [-0.05, 0) is 62.7 Å². The molecule has 0 heterocycles. The molecule has 4 saturated carbocycles. The Morgan fingerprint density at radius 3 is 2.03 bits per heavy atom. The van der Waals surface area contributed by atoms with Crippen LogP contribution in [0.1, 0.15) is 46.0 Å². The van der Waals surface area contributed by atoms with Crippen LogP contribution in [0, 0.1) is 23.7 Å². The van der Waals surface area contributed by atoms with E-state index < -0.39 is 49.3 Å². The summed E-state index contributed by atoms with van der Waals surface area (Å²) >= 11 is 0. The van der Waals surface area contributed by atoms with Gasteiger partial charge < -0.3 is 18.9 Å². The van der Waals surface area contributed by atoms with Crippen LogP contribution in [-0.4, -0.2) is 55.9 Å². The van der Waals surface area contributed by atoms with Gasteiger partial charge in [-0.15, -0.1) is 0 Å². The van der Waals surface area contributed by atoms with Crippen LogP contribution in [-0.2, 0) is 33.3 Å². The maximum atomic E-state index is 12.6. The molecule has 0 aromatic heterocycles. The Hall–Kier alpha value is -1.77. The van der Waals surface area contributed by atoms with Gasteiger partial charge in [0.05, 0.1) is 6.61 Å². The number of carbonyl (C=O) groups excluding carboxylic acids is 3. The van der Waals surface area contributed by atoms with Crippen molar-refractivity contribution in [2.75, 3.05) is 26.4 Å². The van der Waals surface area contributed by atoms with Gasteiger partial charge in [0.15, 0.2) is 6.61 Å². The van der Waals surface area contributed by atoms with Crippen molar-refractivity contribution in [1.82, 2.24) is 0 Å². The molecule has 0 saturated heterocycles. The number of halogens is 2. The quantitative estimate of drug-likeness (QED) is 0.323. The molecule has 0 aromatic carbocycles. The van der Waals surface area contributed by atoms with Crippen LogP contribution in [0.3, 0.4) is 0 Å². The molecule has 7 nitrogen and oxygen atoms in total. The zero-order valence-corrected chi connectivity index (χ0v) is 16.8. The molecule has 0 aromatic rings. The number of alkyl halides is 2. The second kappa shape index (κ2) is 8.53. The minimum atomic E-state index is -3.58. The van der Waals surface area contributed by atoms with Crippen molar-refractivity contribution in [2.24, 2.45) is 23.7 Å². The fraction of sp³-hybridized carbons (Fsp3) is 0.850. The number of esters is 3. The minimum absolute atomic E-state index is 0.245. The molecule has 0 radical (unpaired) electrons. The highest BCUT2D eigenvalue weighted by molar-refractivity contribution is 5.77. The largest absolute Gasteiger partial charge is 0.459 e. The summed E-state index contributed by atoms with van der Waals surface area (Å²) in [6.45, 7) is 0.784. The van der Waals surface area contributed by atoms with E-state index in [0.717, 1.165) is 37.5 Å².